The highest BCUT2D eigenvalue weighted by molar-refractivity contribution is 6.30. The van der Waals surface area contributed by atoms with E-state index in [4.69, 9.17) is 11.6 Å². The molecule has 1 aromatic carbocycles. The average molecular weight is 319 g/mol. The van der Waals surface area contributed by atoms with Gasteiger partial charge in [0.1, 0.15) is 0 Å². The summed E-state index contributed by atoms with van der Waals surface area (Å²) >= 11 is 6.02. The van der Waals surface area contributed by atoms with E-state index in [0.29, 0.717) is 5.92 Å². The molecule has 0 saturated heterocycles. The zero-order chi connectivity index (χ0) is 15.6. The molecule has 1 aromatic heterocycles. The van der Waals surface area contributed by atoms with E-state index >= 15 is 0 Å². The van der Waals surface area contributed by atoms with E-state index in [1.165, 1.54) is 50.5 Å². The van der Waals surface area contributed by atoms with E-state index in [2.05, 4.69) is 28.6 Å². The monoisotopic (exact) mass is 318 g/mol. The second-order valence-electron chi connectivity index (χ2n) is 6.06. The molecule has 0 saturated carbocycles. The van der Waals surface area contributed by atoms with Gasteiger partial charge in [0.25, 0.3) is 0 Å². The van der Waals surface area contributed by atoms with Gasteiger partial charge in [0.2, 0.25) is 0 Å². The fourth-order valence-corrected chi connectivity index (χ4v) is 3.04. The number of nitrogens with zero attached hydrogens (tertiary/aromatic N) is 2. The fraction of sp³-hybridized carbons (Fsp3) is 0.526. The van der Waals surface area contributed by atoms with Gasteiger partial charge in [-0.1, -0.05) is 69.2 Å². The molecule has 0 aliphatic carbocycles. The van der Waals surface area contributed by atoms with Crippen molar-refractivity contribution in [1.29, 1.82) is 0 Å². The molecule has 3 heteroatoms. The van der Waals surface area contributed by atoms with Crippen LogP contribution in [0.25, 0.3) is 0 Å². The minimum Gasteiger partial charge on any atom is -0.337 e. The highest BCUT2D eigenvalue weighted by Crippen LogP contribution is 2.26. The molecule has 0 amide bonds. The maximum Gasteiger partial charge on any atom is 0.0946 e. The summed E-state index contributed by atoms with van der Waals surface area (Å²) in [5.41, 5.74) is 1.38. The van der Waals surface area contributed by atoms with Crippen molar-refractivity contribution in [2.45, 2.75) is 64.3 Å². The Kier molecular flexibility index (Phi) is 7.51. The topological polar surface area (TPSA) is 17.8 Å². The lowest BCUT2D eigenvalue weighted by molar-refractivity contribution is 0.486. The third-order valence-corrected chi connectivity index (χ3v) is 4.49. The zero-order valence-corrected chi connectivity index (χ0v) is 14.3. The lowest BCUT2D eigenvalue weighted by Gasteiger charge is -2.18. The summed E-state index contributed by atoms with van der Waals surface area (Å²) in [4.78, 5) is 4.16. The summed E-state index contributed by atoms with van der Waals surface area (Å²) < 4.78 is 2.18. The molecule has 2 aromatic rings. The number of imidazole rings is 1. The van der Waals surface area contributed by atoms with E-state index in [0.717, 1.165) is 11.6 Å². The Morgan fingerprint density at radius 1 is 1.05 bits per heavy atom. The van der Waals surface area contributed by atoms with E-state index < -0.39 is 0 Å². The molecule has 0 N–H and O–H groups in total. The minimum atomic E-state index is 0.539. The summed E-state index contributed by atoms with van der Waals surface area (Å²) in [5.74, 6) is 0.539. The molecule has 0 bridgehead atoms. The molecule has 1 atom stereocenters. The van der Waals surface area contributed by atoms with Gasteiger partial charge in [0.05, 0.1) is 6.33 Å². The van der Waals surface area contributed by atoms with Crippen LogP contribution in [0.4, 0.5) is 0 Å². The highest BCUT2D eigenvalue weighted by Gasteiger charge is 2.12. The van der Waals surface area contributed by atoms with Crippen molar-refractivity contribution in [3.63, 3.8) is 0 Å². The molecule has 2 rings (SSSR count). The van der Waals surface area contributed by atoms with Gasteiger partial charge in [-0.2, -0.15) is 0 Å². The van der Waals surface area contributed by atoms with Crippen molar-refractivity contribution >= 4 is 11.6 Å². The second kappa shape index (κ2) is 9.68. The maximum absolute atomic E-state index is 6.02. The predicted molar refractivity (Wildman–Crippen MR) is 94.4 cm³/mol. The molecule has 120 valence electrons. The zero-order valence-electron chi connectivity index (χ0n) is 13.5. The van der Waals surface area contributed by atoms with Crippen LogP contribution in [0.1, 0.15) is 63.4 Å². The Balaban J connectivity index is 1.88. The third kappa shape index (κ3) is 5.84. The number of hydrogen-bond acceptors (Lipinski definition) is 1. The first-order valence-electron chi connectivity index (χ1n) is 8.50. The van der Waals surface area contributed by atoms with E-state index in [-0.39, 0.29) is 0 Å². The SMILES string of the molecule is CCCCCCCCC(Cn1ccnc1)c1ccc(Cl)cc1. The normalized spacial score (nSPS) is 12.5. The van der Waals surface area contributed by atoms with Crippen LogP contribution in [-0.2, 0) is 6.54 Å². The average Bonchev–Trinajstić information content (AvgIpc) is 3.03. The summed E-state index contributed by atoms with van der Waals surface area (Å²) in [6, 6.07) is 8.33. The first-order chi connectivity index (χ1) is 10.8. The van der Waals surface area contributed by atoms with Crippen LogP contribution in [0.2, 0.25) is 5.02 Å². The number of rotatable bonds is 10. The fourth-order valence-electron chi connectivity index (χ4n) is 2.92. The van der Waals surface area contributed by atoms with Crippen molar-refractivity contribution in [2.24, 2.45) is 0 Å². The molecule has 1 heterocycles. The highest BCUT2D eigenvalue weighted by atomic mass is 35.5. The molecule has 0 aliphatic rings. The maximum atomic E-state index is 6.02. The van der Waals surface area contributed by atoms with Gasteiger partial charge in [0.15, 0.2) is 0 Å². The third-order valence-electron chi connectivity index (χ3n) is 4.24. The van der Waals surface area contributed by atoms with Crippen molar-refractivity contribution in [3.8, 4) is 0 Å². The molecule has 2 nitrogen and oxygen atoms in total. The molecule has 0 radical (unpaired) electrons. The van der Waals surface area contributed by atoms with E-state index in [9.17, 15) is 0 Å². The first kappa shape index (κ1) is 17.1. The summed E-state index contributed by atoms with van der Waals surface area (Å²) in [6.45, 7) is 3.26. The summed E-state index contributed by atoms with van der Waals surface area (Å²) in [7, 11) is 0. The van der Waals surface area contributed by atoms with Gasteiger partial charge in [-0.3, -0.25) is 0 Å². The van der Waals surface area contributed by atoms with E-state index in [1.807, 2.05) is 30.9 Å². The molecule has 0 spiro atoms. The van der Waals surface area contributed by atoms with E-state index in [1.54, 1.807) is 0 Å². The lowest BCUT2D eigenvalue weighted by Crippen LogP contribution is -2.08. The number of unbranched alkanes of at least 4 members (excludes halogenated alkanes) is 5. The van der Waals surface area contributed by atoms with Crippen LogP contribution >= 0.6 is 11.6 Å². The quantitative estimate of drug-likeness (QED) is 0.486. The van der Waals surface area contributed by atoms with Crippen LogP contribution in [0.3, 0.4) is 0 Å². The Morgan fingerprint density at radius 2 is 1.77 bits per heavy atom. The van der Waals surface area contributed by atoms with Gasteiger partial charge < -0.3 is 4.57 Å². The molecular formula is C19H27ClN2. The molecular weight excluding hydrogens is 292 g/mol. The molecule has 0 aliphatic heterocycles. The minimum absolute atomic E-state index is 0.539. The Labute approximate surface area is 139 Å². The largest absolute Gasteiger partial charge is 0.337 e. The number of hydrogen-bond donors (Lipinski definition) is 0. The second-order valence-corrected chi connectivity index (χ2v) is 6.50. The Morgan fingerprint density at radius 3 is 2.45 bits per heavy atom. The standard InChI is InChI=1S/C19H27ClN2/c1-2-3-4-5-6-7-8-18(15-22-14-13-21-16-22)17-9-11-19(20)12-10-17/h9-14,16,18H,2-8,15H2,1H3. The first-order valence-corrected chi connectivity index (χ1v) is 8.88. The van der Waals surface area contributed by atoms with Crippen molar-refractivity contribution in [1.82, 2.24) is 9.55 Å². The van der Waals surface area contributed by atoms with Crippen molar-refractivity contribution in [2.75, 3.05) is 0 Å². The van der Waals surface area contributed by atoms with Gasteiger partial charge in [-0.25, -0.2) is 4.98 Å². The van der Waals surface area contributed by atoms with Crippen LogP contribution in [-0.4, -0.2) is 9.55 Å². The van der Waals surface area contributed by atoms with Crippen molar-refractivity contribution in [3.05, 3.63) is 53.6 Å². The Bertz CT molecular complexity index is 505. The van der Waals surface area contributed by atoms with Gasteiger partial charge in [-0.05, 0) is 24.1 Å². The number of aromatic nitrogens is 2. The van der Waals surface area contributed by atoms with Crippen LogP contribution in [0, 0.1) is 0 Å². The van der Waals surface area contributed by atoms with Crippen LogP contribution in [0.5, 0.6) is 0 Å². The number of benzene rings is 1. The molecule has 1 unspecified atom stereocenters. The smallest absolute Gasteiger partial charge is 0.0946 e. The Hall–Kier alpha value is -1.28. The van der Waals surface area contributed by atoms with Gasteiger partial charge in [0, 0.05) is 29.9 Å². The molecule has 22 heavy (non-hydrogen) atoms. The van der Waals surface area contributed by atoms with Crippen LogP contribution < -0.4 is 0 Å². The predicted octanol–water partition coefficient (Wildman–Crippen LogP) is 6.07. The van der Waals surface area contributed by atoms with Crippen molar-refractivity contribution < 1.29 is 0 Å². The van der Waals surface area contributed by atoms with Gasteiger partial charge >= 0.3 is 0 Å². The summed E-state index contributed by atoms with van der Waals surface area (Å²) in [5, 5.41) is 0.810. The lowest BCUT2D eigenvalue weighted by atomic mass is 9.92. The van der Waals surface area contributed by atoms with Crippen LogP contribution in [0.15, 0.2) is 43.0 Å². The number of halogens is 1. The molecule has 0 fully saturated rings. The van der Waals surface area contributed by atoms with Gasteiger partial charge in [-0.15, -0.1) is 0 Å². The summed E-state index contributed by atoms with van der Waals surface area (Å²) in [6.07, 6.45) is 15.1.